The summed E-state index contributed by atoms with van der Waals surface area (Å²) < 4.78 is 0. The van der Waals surface area contributed by atoms with Crippen LogP contribution in [0.2, 0.25) is 0 Å². The number of rotatable bonds is 4. The fourth-order valence-corrected chi connectivity index (χ4v) is 0.636. The van der Waals surface area contributed by atoms with Gasteiger partial charge in [-0.25, -0.2) is 0 Å². The van der Waals surface area contributed by atoms with E-state index in [-0.39, 0.29) is 5.78 Å². The van der Waals surface area contributed by atoms with Crippen LogP contribution in [0.3, 0.4) is 0 Å². The van der Waals surface area contributed by atoms with Gasteiger partial charge < -0.3 is 10.2 Å². The van der Waals surface area contributed by atoms with Crippen LogP contribution < -0.4 is 0 Å². The van der Waals surface area contributed by atoms with E-state index in [9.17, 15) is 9.59 Å². The topological polar surface area (TPSA) is 74.6 Å². The highest BCUT2D eigenvalue weighted by Gasteiger charge is 2.19. The first-order chi connectivity index (χ1) is 6.36. The van der Waals surface area contributed by atoms with E-state index in [4.69, 9.17) is 10.2 Å². The Bertz CT molecular complexity index is 161. The van der Waals surface area contributed by atoms with Gasteiger partial charge in [-0.2, -0.15) is 0 Å². The quantitative estimate of drug-likeness (QED) is 0.677. The largest absolute Gasteiger partial charge is 0.481 e. The number of aliphatic hydroxyl groups excluding tert-OH is 1. The van der Waals surface area contributed by atoms with E-state index in [2.05, 4.69) is 0 Å². The zero-order valence-electron chi connectivity index (χ0n) is 9.28. The summed E-state index contributed by atoms with van der Waals surface area (Å²) in [6.45, 7) is 7.22. The molecular formula is C10H20O4. The Labute approximate surface area is 84.9 Å². The molecule has 84 valence electrons. The molecule has 0 saturated heterocycles. The zero-order valence-corrected chi connectivity index (χ0v) is 9.28. The lowest BCUT2D eigenvalue weighted by atomic mass is 10.0. The van der Waals surface area contributed by atoms with Crippen molar-refractivity contribution in [1.29, 1.82) is 0 Å². The van der Waals surface area contributed by atoms with Crippen molar-refractivity contribution in [2.24, 2.45) is 11.8 Å². The van der Waals surface area contributed by atoms with Crippen LogP contribution in [0.15, 0.2) is 0 Å². The Kier molecular flexibility index (Phi) is 9.66. The lowest BCUT2D eigenvalue weighted by molar-refractivity contribution is -0.145. The Morgan fingerprint density at radius 3 is 1.64 bits per heavy atom. The fraction of sp³-hybridized carbons (Fsp3) is 0.800. The number of carboxylic acids is 1. The Morgan fingerprint density at radius 2 is 1.64 bits per heavy atom. The van der Waals surface area contributed by atoms with Crippen molar-refractivity contribution in [3.63, 3.8) is 0 Å². The Balaban J connectivity index is 0. The second kappa shape index (κ2) is 8.69. The molecule has 0 spiro atoms. The second-order valence-electron chi connectivity index (χ2n) is 3.49. The number of hydrogen-bond acceptors (Lipinski definition) is 3. The molecule has 0 aromatic rings. The van der Waals surface area contributed by atoms with Crippen LogP contribution in [0, 0.1) is 11.8 Å². The molecule has 0 aromatic carbocycles. The van der Waals surface area contributed by atoms with Gasteiger partial charge in [-0.05, 0) is 19.3 Å². The fourth-order valence-electron chi connectivity index (χ4n) is 0.636. The number of Topliss-reactive ketones (excluding diaryl/α,β-unsaturated/α-hetero) is 1. The highest BCUT2D eigenvalue weighted by molar-refractivity contribution is 5.96. The number of carboxylic acid groups (broad SMARTS) is 1. The molecular weight excluding hydrogens is 184 g/mol. The van der Waals surface area contributed by atoms with Crippen molar-refractivity contribution in [1.82, 2.24) is 0 Å². The van der Waals surface area contributed by atoms with Crippen LogP contribution in [0.5, 0.6) is 0 Å². The van der Waals surface area contributed by atoms with Gasteiger partial charge in [0.1, 0.15) is 11.7 Å². The van der Waals surface area contributed by atoms with Crippen molar-refractivity contribution >= 4 is 11.8 Å². The summed E-state index contributed by atoms with van der Waals surface area (Å²) in [5.41, 5.74) is 0. The van der Waals surface area contributed by atoms with Crippen LogP contribution in [0.4, 0.5) is 0 Å². The van der Waals surface area contributed by atoms with Crippen molar-refractivity contribution in [3.05, 3.63) is 0 Å². The molecule has 0 fully saturated rings. The van der Waals surface area contributed by atoms with E-state index in [0.717, 1.165) is 0 Å². The highest BCUT2D eigenvalue weighted by atomic mass is 16.4. The molecule has 0 saturated carbocycles. The first-order valence-electron chi connectivity index (χ1n) is 4.70. The predicted octanol–water partition coefficient (Wildman–Crippen LogP) is 1.32. The van der Waals surface area contributed by atoms with Crippen molar-refractivity contribution in [2.75, 3.05) is 6.61 Å². The summed E-state index contributed by atoms with van der Waals surface area (Å²) in [6, 6.07) is 0. The van der Waals surface area contributed by atoms with Crippen LogP contribution in [-0.2, 0) is 9.59 Å². The third-order valence-corrected chi connectivity index (χ3v) is 1.56. The molecule has 2 N–H and O–H groups in total. The minimum Gasteiger partial charge on any atom is -0.481 e. The molecule has 4 heteroatoms. The van der Waals surface area contributed by atoms with Gasteiger partial charge in [-0.3, -0.25) is 9.59 Å². The minimum absolute atomic E-state index is 0.273. The van der Waals surface area contributed by atoms with Crippen LogP contribution in [-0.4, -0.2) is 28.6 Å². The van der Waals surface area contributed by atoms with Gasteiger partial charge in [0.15, 0.2) is 0 Å². The molecule has 0 bridgehead atoms. The van der Waals surface area contributed by atoms with Gasteiger partial charge in [0.25, 0.3) is 0 Å². The number of aliphatic hydroxyl groups is 1. The molecule has 0 rings (SSSR count). The summed E-state index contributed by atoms with van der Waals surface area (Å²) >= 11 is 0. The Hall–Kier alpha value is -0.900. The van der Waals surface area contributed by atoms with E-state index in [1.165, 1.54) is 6.92 Å². The lowest BCUT2D eigenvalue weighted by Crippen LogP contribution is -2.19. The summed E-state index contributed by atoms with van der Waals surface area (Å²) in [4.78, 5) is 20.6. The van der Waals surface area contributed by atoms with E-state index in [1.807, 2.05) is 13.8 Å². The van der Waals surface area contributed by atoms with E-state index in [0.29, 0.717) is 18.9 Å². The Morgan fingerprint density at radius 1 is 1.29 bits per heavy atom. The maximum absolute atomic E-state index is 10.4. The molecule has 1 atom stereocenters. The summed E-state index contributed by atoms with van der Waals surface area (Å²) in [5.74, 6) is -1.66. The molecule has 1 unspecified atom stereocenters. The normalized spacial score (nSPS) is 11.6. The minimum atomic E-state index is -1.02. The average molecular weight is 204 g/mol. The summed E-state index contributed by atoms with van der Waals surface area (Å²) in [7, 11) is 0. The smallest absolute Gasteiger partial charge is 0.314 e. The predicted molar refractivity (Wildman–Crippen MR) is 54.0 cm³/mol. The highest BCUT2D eigenvalue weighted by Crippen LogP contribution is 2.02. The van der Waals surface area contributed by atoms with E-state index in [1.54, 1.807) is 6.92 Å². The van der Waals surface area contributed by atoms with Gasteiger partial charge in [0.05, 0.1) is 0 Å². The number of carbonyl (C=O) groups is 2. The summed E-state index contributed by atoms with van der Waals surface area (Å²) in [6.07, 6.45) is 0.380. The molecule has 0 aliphatic heterocycles. The third kappa shape index (κ3) is 9.19. The van der Waals surface area contributed by atoms with Crippen molar-refractivity contribution < 1.29 is 19.8 Å². The third-order valence-electron chi connectivity index (χ3n) is 1.56. The lowest BCUT2D eigenvalue weighted by Gasteiger charge is -2.01. The standard InChI is InChI=1S/C6H10O3.C4H10O/c1-3-5(4(2)7)6(8)9;1-4(2)3-5/h5H,3H2,1-2H3,(H,8,9);4-5H,3H2,1-2H3. The second-order valence-corrected chi connectivity index (χ2v) is 3.49. The zero-order chi connectivity index (χ0) is 11.7. The van der Waals surface area contributed by atoms with E-state index < -0.39 is 11.9 Å². The van der Waals surface area contributed by atoms with Gasteiger partial charge in [-0.15, -0.1) is 0 Å². The molecule has 4 nitrogen and oxygen atoms in total. The van der Waals surface area contributed by atoms with Gasteiger partial charge in [0.2, 0.25) is 0 Å². The van der Waals surface area contributed by atoms with Crippen LogP contribution in [0.1, 0.15) is 34.1 Å². The first kappa shape index (κ1) is 15.6. The first-order valence-corrected chi connectivity index (χ1v) is 4.70. The molecule has 14 heavy (non-hydrogen) atoms. The number of hydrogen-bond donors (Lipinski definition) is 2. The van der Waals surface area contributed by atoms with Gasteiger partial charge >= 0.3 is 5.97 Å². The van der Waals surface area contributed by atoms with Crippen molar-refractivity contribution in [3.8, 4) is 0 Å². The van der Waals surface area contributed by atoms with E-state index >= 15 is 0 Å². The monoisotopic (exact) mass is 204 g/mol. The molecule has 0 aliphatic rings. The number of aliphatic carboxylic acids is 1. The van der Waals surface area contributed by atoms with Gasteiger partial charge in [0, 0.05) is 6.61 Å². The van der Waals surface area contributed by atoms with Crippen LogP contribution in [0.25, 0.3) is 0 Å². The molecule has 0 amide bonds. The SMILES string of the molecule is CC(C)CO.CCC(C(C)=O)C(=O)O. The molecule has 0 aliphatic carbocycles. The molecule has 0 heterocycles. The molecule has 0 aromatic heterocycles. The maximum atomic E-state index is 10.4. The maximum Gasteiger partial charge on any atom is 0.314 e. The average Bonchev–Trinajstić information content (AvgIpc) is 2.05. The summed E-state index contributed by atoms with van der Waals surface area (Å²) in [5, 5.41) is 16.5. The molecule has 0 radical (unpaired) electrons. The van der Waals surface area contributed by atoms with Gasteiger partial charge in [-0.1, -0.05) is 20.8 Å². The number of ketones is 1. The van der Waals surface area contributed by atoms with Crippen molar-refractivity contribution in [2.45, 2.75) is 34.1 Å². The van der Waals surface area contributed by atoms with Crippen LogP contribution >= 0.6 is 0 Å². The number of carbonyl (C=O) groups excluding carboxylic acids is 1.